The second-order valence-electron chi connectivity index (χ2n) is 9.39. The van der Waals surface area contributed by atoms with Crippen molar-refractivity contribution in [3.63, 3.8) is 0 Å². The van der Waals surface area contributed by atoms with Crippen molar-refractivity contribution in [1.82, 2.24) is 20.9 Å². The lowest BCUT2D eigenvalue weighted by molar-refractivity contribution is 0.261. The third-order valence-corrected chi connectivity index (χ3v) is 6.45. The van der Waals surface area contributed by atoms with E-state index in [4.69, 9.17) is 0 Å². The molecule has 0 unspecified atom stereocenters. The molecule has 0 radical (unpaired) electrons. The van der Waals surface area contributed by atoms with Crippen LogP contribution in [-0.4, -0.2) is 63.8 Å². The van der Waals surface area contributed by atoms with Crippen LogP contribution in [0.15, 0.2) is 0 Å². The van der Waals surface area contributed by atoms with Crippen molar-refractivity contribution in [2.45, 2.75) is 110 Å². The Bertz CT molecular complexity index is 310. The van der Waals surface area contributed by atoms with Crippen molar-refractivity contribution in [2.24, 2.45) is 0 Å². The highest BCUT2D eigenvalue weighted by molar-refractivity contribution is 4.64. The molecule has 4 heteroatoms. The molecule has 1 aliphatic heterocycles. The second kappa shape index (κ2) is 23.5. The van der Waals surface area contributed by atoms with Gasteiger partial charge in [-0.05, 0) is 52.0 Å². The van der Waals surface area contributed by atoms with Gasteiger partial charge in [0, 0.05) is 26.2 Å². The predicted octanol–water partition coefficient (Wildman–Crippen LogP) is 5.33. The van der Waals surface area contributed by atoms with Gasteiger partial charge in [0.1, 0.15) is 0 Å². The first-order valence-corrected chi connectivity index (χ1v) is 13.8. The molecule has 30 heavy (non-hydrogen) atoms. The van der Waals surface area contributed by atoms with Crippen molar-refractivity contribution in [3.05, 3.63) is 0 Å². The molecule has 180 valence electrons. The molecule has 0 spiro atoms. The first-order valence-electron chi connectivity index (χ1n) is 13.8. The summed E-state index contributed by atoms with van der Waals surface area (Å²) in [6.07, 6.45) is 22.8. The molecule has 0 aromatic carbocycles. The van der Waals surface area contributed by atoms with Crippen molar-refractivity contribution >= 4 is 0 Å². The van der Waals surface area contributed by atoms with Gasteiger partial charge in [-0.2, -0.15) is 0 Å². The summed E-state index contributed by atoms with van der Waals surface area (Å²) in [7, 11) is 0. The Labute approximate surface area is 189 Å². The van der Waals surface area contributed by atoms with Crippen molar-refractivity contribution in [2.75, 3.05) is 58.9 Å². The average Bonchev–Trinajstić information content (AvgIpc) is 2.76. The van der Waals surface area contributed by atoms with Crippen LogP contribution in [0.25, 0.3) is 0 Å². The predicted molar refractivity (Wildman–Crippen MR) is 135 cm³/mol. The van der Waals surface area contributed by atoms with E-state index in [2.05, 4.69) is 27.8 Å². The molecular weight excluding hydrogens is 368 g/mol. The topological polar surface area (TPSA) is 39.3 Å². The molecule has 0 atom stereocenters. The van der Waals surface area contributed by atoms with Crippen molar-refractivity contribution < 1.29 is 0 Å². The van der Waals surface area contributed by atoms with Gasteiger partial charge in [-0.15, -0.1) is 0 Å². The van der Waals surface area contributed by atoms with Crippen LogP contribution in [0.2, 0.25) is 0 Å². The molecule has 0 bridgehead atoms. The summed E-state index contributed by atoms with van der Waals surface area (Å²) in [5.41, 5.74) is 0. The average molecular weight is 425 g/mol. The molecule has 0 amide bonds. The number of nitrogens with zero attached hydrogens (tertiary/aromatic N) is 1. The quantitative estimate of drug-likeness (QED) is 0.311. The molecule has 1 rings (SSSR count). The largest absolute Gasteiger partial charge is 0.315 e. The number of rotatable bonds is 15. The summed E-state index contributed by atoms with van der Waals surface area (Å²) < 4.78 is 0. The summed E-state index contributed by atoms with van der Waals surface area (Å²) in [5, 5.41) is 10.7. The van der Waals surface area contributed by atoms with Crippen molar-refractivity contribution in [1.29, 1.82) is 0 Å². The van der Waals surface area contributed by atoms with Gasteiger partial charge in [0.2, 0.25) is 0 Å². The fraction of sp³-hybridized carbons (Fsp3) is 1.00. The zero-order valence-corrected chi connectivity index (χ0v) is 20.6. The van der Waals surface area contributed by atoms with Crippen LogP contribution in [0.4, 0.5) is 0 Å². The Morgan fingerprint density at radius 3 is 1.50 bits per heavy atom. The molecule has 4 nitrogen and oxygen atoms in total. The molecular formula is C26H56N4. The number of unbranched alkanes of at least 4 members (excludes halogenated alkanes) is 13. The fourth-order valence-electron chi connectivity index (χ4n) is 4.42. The van der Waals surface area contributed by atoms with Gasteiger partial charge in [-0.25, -0.2) is 0 Å². The lowest BCUT2D eigenvalue weighted by Crippen LogP contribution is -2.37. The Balaban J connectivity index is 1.92. The van der Waals surface area contributed by atoms with Gasteiger partial charge < -0.3 is 20.9 Å². The van der Waals surface area contributed by atoms with Gasteiger partial charge >= 0.3 is 0 Å². The van der Waals surface area contributed by atoms with Crippen molar-refractivity contribution in [3.8, 4) is 0 Å². The van der Waals surface area contributed by atoms with Gasteiger partial charge in [-0.3, -0.25) is 0 Å². The molecule has 1 aliphatic rings. The van der Waals surface area contributed by atoms with Crippen LogP contribution in [0.1, 0.15) is 110 Å². The summed E-state index contributed by atoms with van der Waals surface area (Å²) >= 11 is 0. The smallest absolute Gasteiger partial charge is 0.0107 e. The van der Waals surface area contributed by atoms with E-state index in [0.29, 0.717) is 0 Å². The SMILES string of the molecule is CCCCCCCCCCCCCCCCN1CCCNCCNCCCNCC1. The van der Waals surface area contributed by atoms with E-state index < -0.39 is 0 Å². The maximum atomic E-state index is 3.62. The third kappa shape index (κ3) is 19.8. The number of nitrogens with one attached hydrogen (secondary N) is 3. The Hall–Kier alpha value is -0.160. The van der Waals surface area contributed by atoms with Gasteiger partial charge in [0.15, 0.2) is 0 Å². The van der Waals surface area contributed by atoms with E-state index in [-0.39, 0.29) is 0 Å². The first kappa shape index (κ1) is 27.9. The first-order chi connectivity index (χ1) is 14.9. The van der Waals surface area contributed by atoms with E-state index in [1.165, 1.54) is 122 Å². The van der Waals surface area contributed by atoms with Crippen LogP contribution in [0.5, 0.6) is 0 Å². The minimum absolute atomic E-state index is 1.10. The summed E-state index contributed by atoms with van der Waals surface area (Å²) in [6, 6.07) is 0. The maximum absolute atomic E-state index is 3.62. The molecule has 0 aromatic heterocycles. The Morgan fingerprint density at radius 1 is 0.467 bits per heavy atom. The number of hydrogen-bond acceptors (Lipinski definition) is 4. The molecule has 0 aromatic rings. The Kier molecular flexibility index (Phi) is 21.8. The van der Waals surface area contributed by atoms with E-state index in [1.54, 1.807) is 0 Å². The monoisotopic (exact) mass is 424 g/mol. The van der Waals surface area contributed by atoms with E-state index in [0.717, 1.165) is 39.3 Å². The normalized spacial score (nSPS) is 18.3. The molecule has 1 saturated heterocycles. The number of hydrogen-bond donors (Lipinski definition) is 3. The molecule has 3 N–H and O–H groups in total. The van der Waals surface area contributed by atoms with Gasteiger partial charge in [0.25, 0.3) is 0 Å². The molecule has 1 heterocycles. The minimum Gasteiger partial charge on any atom is -0.315 e. The van der Waals surface area contributed by atoms with E-state index >= 15 is 0 Å². The Morgan fingerprint density at radius 2 is 0.933 bits per heavy atom. The standard InChI is InChI=1S/C26H56N4/c1-2-3-4-5-6-7-8-9-10-11-12-13-14-15-24-30-25-17-20-28-22-21-27-18-16-19-29-23-26-30/h27-29H,2-26H2,1H3. The van der Waals surface area contributed by atoms with Gasteiger partial charge in [0.05, 0.1) is 0 Å². The zero-order chi connectivity index (χ0) is 21.4. The van der Waals surface area contributed by atoms with E-state index in [9.17, 15) is 0 Å². The van der Waals surface area contributed by atoms with E-state index in [1.807, 2.05) is 0 Å². The maximum Gasteiger partial charge on any atom is 0.0107 e. The van der Waals surface area contributed by atoms with Crippen LogP contribution >= 0.6 is 0 Å². The zero-order valence-electron chi connectivity index (χ0n) is 20.6. The van der Waals surface area contributed by atoms with Crippen LogP contribution in [-0.2, 0) is 0 Å². The highest BCUT2D eigenvalue weighted by Gasteiger charge is 2.05. The van der Waals surface area contributed by atoms with Crippen LogP contribution in [0, 0.1) is 0 Å². The molecule has 1 fully saturated rings. The van der Waals surface area contributed by atoms with Crippen LogP contribution in [0.3, 0.4) is 0 Å². The summed E-state index contributed by atoms with van der Waals surface area (Å²) in [6.45, 7) is 12.8. The highest BCUT2D eigenvalue weighted by Crippen LogP contribution is 2.13. The fourth-order valence-corrected chi connectivity index (χ4v) is 4.42. The van der Waals surface area contributed by atoms with Gasteiger partial charge in [-0.1, -0.05) is 90.4 Å². The van der Waals surface area contributed by atoms with Crippen LogP contribution < -0.4 is 16.0 Å². The summed E-state index contributed by atoms with van der Waals surface area (Å²) in [5.74, 6) is 0. The minimum atomic E-state index is 1.10. The lowest BCUT2D eigenvalue weighted by atomic mass is 10.0. The molecule has 0 saturated carbocycles. The third-order valence-electron chi connectivity index (χ3n) is 6.45. The second-order valence-corrected chi connectivity index (χ2v) is 9.39. The highest BCUT2D eigenvalue weighted by atomic mass is 15.1. The molecule has 0 aliphatic carbocycles. The lowest BCUT2D eigenvalue weighted by Gasteiger charge is -2.23. The summed E-state index contributed by atoms with van der Waals surface area (Å²) in [4.78, 5) is 2.69.